The normalized spacial score (nSPS) is 20.9. The van der Waals surface area contributed by atoms with Gasteiger partial charge in [0.2, 0.25) is 5.88 Å². The van der Waals surface area contributed by atoms with E-state index in [-0.39, 0.29) is 24.2 Å². The van der Waals surface area contributed by atoms with E-state index in [9.17, 15) is 19.8 Å². The van der Waals surface area contributed by atoms with Gasteiger partial charge in [-0.1, -0.05) is 0 Å². The molecule has 0 unspecified atom stereocenters. The van der Waals surface area contributed by atoms with Gasteiger partial charge in [-0.2, -0.15) is 5.26 Å². The van der Waals surface area contributed by atoms with Crippen molar-refractivity contribution in [3.8, 4) is 17.6 Å². The fourth-order valence-electron chi connectivity index (χ4n) is 3.62. The molecule has 1 aromatic heterocycles. The van der Waals surface area contributed by atoms with Gasteiger partial charge in [-0.3, -0.25) is 9.47 Å². The molecule has 2 N–H and O–H groups in total. The Bertz CT molecular complexity index is 987. The Morgan fingerprint density at radius 2 is 2.17 bits per heavy atom. The second-order valence-electron chi connectivity index (χ2n) is 5.81. The maximum atomic E-state index is 12.7. The van der Waals surface area contributed by atoms with Crippen LogP contribution in [0.2, 0.25) is 0 Å². The van der Waals surface area contributed by atoms with E-state index in [1.807, 2.05) is 28.7 Å². The Labute approximate surface area is 149 Å². The molecule has 1 saturated heterocycles. The molecule has 2 aromatic rings. The van der Waals surface area contributed by atoms with Crippen LogP contribution in [-0.4, -0.2) is 36.9 Å². The third-order valence-electron chi connectivity index (χ3n) is 4.63. The Balaban J connectivity index is 1.89. The number of hydrogen-bond donors (Lipinski definition) is 2. The average Bonchev–Trinajstić information content (AvgIpc) is 3.19. The largest absolute Gasteiger partial charge is 0.493 e. The lowest BCUT2D eigenvalue weighted by Crippen LogP contribution is -2.36. The van der Waals surface area contributed by atoms with Crippen LogP contribution >= 0.6 is 22.6 Å². The summed E-state index contributed by atoms with van der Waals surface area (Å²) in [6, 6.07) is 6.12. The standard InChI is InChI=1S/C15H11IN4O4/c16-10-3-8(2-1-7(10)5-17)20-13(21)12-11-4-9(19(12)14(20)22)6-18(11)15(23)24/h1-3,9,11,21H,4,6H2,(H,23,24)/t9-,11-/m0/s1. The number of amides is 1. The Hall–Kier alpha value is -2.48. The van der Waals surface area contributed by atoms with Gasteiger partial charge in [-0.05, 0) is 47.2 Å². The minimum atomic E-state index is -1.05. The van der Waals surface area contributed by atoms with Crippen molar-refractivity contribution >= 4 is 28.7 Å². The van der Waals surface area contributed by atoms with Crippen LogP contribution in [0.4, 0.5) is 4.79 Å². The maximum Gasteiger partial charge on any atom is 0.407 e. The number of benzene rings is 1. The topological polar surface area (TPSA) is 111 Å². The zero-order valence-electron chi connectivity index (χ0n) is 12.2. The van der Waals surface area contributed by atoms with Gasteiger partial charge in [0.05, 0.1) is 23.3 Å². The molecule has 2 bridgehead atoms. The summed E-state index contributed by atoms with van der Waals surface area (Å²) < 4.78 is 3.33. The molecule has 0 spiro atoms. The van der Waals surface area contributed by atoms with Gasteiger partial charge in [0.15, 0.2) is 0 Å². The summed E-state index contributed by atoms with van der Waals surface area (Å²) in [5.41, 5.74) is 0.887. The molecular weight excluding hydrogens is 427 g/mol. The Kier molecular flexibility index (Phi) is 3.14. The van der Waals surface area contributed by atoms with Crippen molar-refractivity contribution in [3.63, 3.8) is 0 Å². The zero-order chi connectivity index (χ0) is 17.2. The minimum Gasteiger partial charge on any atom is -0.493 e. The fraction of sp³-hybridized carbons (Fsp3) is 0.267. The van der Waals surface area contributed by atoms with Gasteiger partial charge in [0.1, 0.15) is 11.8 Å². The van der Waals surface area contributed by atoms with Crippen LogP contribution < -0.4 is 5.69 Å². The van der Waals surface area contributed by atoms with Crippen LogP contribution in [0.15, 0.2) is 23.0 Å². The van der Waals surface area contributed by atoms with E-state index < -0.39 is 12.1 Å². The van der Waals surface area contributed by atoms with Crippen LogP contribution in [0.5, 0.6) is 5.88 Å². The van der Waals surface area contributed by atoms with Crippen molar-refractivity contribution in [2.24, 2.45) is 0 Å². The monoisotopic (exact) mass is 438 g/mol. The number of hydrogen-bond acceptors (Lipinski definition) is 4. The third kappa shape index (κ3) is 1.83. The fourth-order valence-corrected chi connectivity index (χ4v) is 4.24. The smallest absolute Gasteiger partial charge is 0.407 e. The third-order valence-corrected chi connectivity index (χ3v) is 5.53. The minimum absolute atomic E-state index is 0.237. The van der Waals surface area contributed by atoms with Gasteiger partial charge in [-0.25, -0.2) is 14.2 Å². The van der Waals surface area contributed by atoms with Gasteiger partial charge in [0, 0.05) is 10.1 Å². The molecule has 4 rings (SSSR count). The predicted molar refractivity (Wildman–Crippen MR) is 90.3 cm³/mol. The van der Waals surface area contributed by atoms with Crippen LogP contribution in [0.1, 0.15) is 29.8 Å². The number of rotatable bonds is 1. The molecule has 8 nitrogen and oxygen atoms in total. The maximum absolute atomic E-state index is 12.7. The number of carbonyl (C=O) groups is 1. The lowest BCUT2D eigenvalue weighted by atomic mass is 10.2. The molecule has 0 saturated carbocycles. The van der Waals surface area contributed by atoms with Gasteiger partial charge >= 0.3 is 11.8 Å². The van der Waals surface area contributed by atoms with Crippen LogP contribution in [0, 0.1) is 14.9 Å². The molecule has 0 radical (unpaired) electrons. The summed E-state index contributed by atoms with van der Waals surface area (Å²) in [5.74, 6) is -0.237. The molecule has 24 heavy (non-hydrogen) atoms. The number of nitriles is 1. The van der Waals surface area contributed by atoms with Crippen molar-refractivity contribution < 1.29 is 15.0 Å². The van der Waals surface area contributed by atoms with Crippen molar-refractivity contribution in [3.05, 3.63) is 43.5 Å². The summed E-state index contributed by atoms with van der Waals surface area (Å²) >= 11 is 2.00. The number of fused-ring (bicyclic) bond motifs is 5. The van der Waals surface area contributed by atoms with Crippen molar-refractivity contribution in [2.45, 2.75) is 18.5 Å². The van der Waals surface area contributed by atoms with E-state index >= 15 is 0 Å². The number of imidazole rings is 1. The molecule has 1 aromatic carbocycles. The van der Waals surface area contributed by atoms with Crippen LogP contribution in [0.3, 0.4) is 0 Å². The van der Waals surface area contributed by atoms with Crippen molar-refractivity contribution in [1.29, 1.82) is 5.26 Å². The SMILES string of the molecule is N#Cc1ccc(-n2c(O)c3n(c2=O)[C@H]2C[C@@H]3N(C(=O)O)C2)cc1I. The molecule has 3 heterocycles. The lowest BCUT2D eigenvalue weighted by molar-refractivity contribution is 0.133. The van der Waals surface area contributed by atoms with Crippen LogP contribution in [-0.2, 0) is 0 Å². The summed E-state index contributed by atoms with van der Waals surface area (Å²) in [6.07, 6.45) is -0.544. The number of aromatic hydroxyl groups is 1. The first-order valence-corrected chi connectivity index (χ1v) is 8.27. The van der Waals surface area contributed by atoms with E-state index in [4.69, 9.17) is 5.26 Å². The zero-order valence-corrected chi connectivity index (χ0v) is 14.3. The first-order valence-electron chi connectivity index (χ1n) is 7.19. The summed E-state index contributed by atoms with van der Waals surface area (Å²) in [5, 5.41) is 28.8. The summed E-state index contributed by atoms with van der Waals surface area (Å²) in [7, 11) is 0. The summed E-state index contributed by atoms with van der Waals surface area (Å²) in [6.45, 7) is 0.251. The van der Waals surface area contributed by atoms with E-state index in [0.29, 0.717) is 26.9 Å². The average molecular weight is 438 g/mol. The number of aromatic nitrogens is 2. The second kappa shape index (κ2) is 5.01. The Morgan fingerprint density at radius 1 is 1.42 bits per heavy atom. The predicted octanol–water partition coefficient (Wildman–Crippen LogP) is 1.80. The number of carboxylic acid groups (broad SMARTS) is 1. The molecule has 9 heteroatoms. The first kappa shape index (κ1) is 15.1. The first-order chi connectivity index (χ1) is 11.4. The van der Waals surface area contributed by atoms with Crippen LogP contribution in [0.25, 0.3) is 5.69 Å². The molecule has 1 fully saturated rings. The van der Waals surface area contributed by atoms with E-state index in [1.54, 1.807) is 18.2 Å². The molecule has 2 aliphatic heterocycles. The van der Waals surface area contributed by atoms with Crippen molar-refractivity contribution in [2.75, 3.05) is 6.54 Å². The van der Waals surface area contributed by atoms with E-state index in [0.717, 1.165) is 0 Å². The highest BCUT2D eigenvalue weighted by molar-refractivity contribution is 14.1. The number of halogens is 1. The highest BCUT2D eigenvalue weighted by Crippen LogP contribution is 2.48. The van der Waals surface area contributed by atoms with E-state index in [1.165, 1.54) is 14.0 Å². The molecule has 122 valence electrons. The number of likely N-dealkylation sites (tertiary alicyclic amines) is 1. The number of nitrogens with zero attached hydrogens (tertiary/aromatic N) is 4. The lowest BCUT2D eigenvalue weighted by Gasteiger charge is -2.24. The van der Waals surface area contributed by atoms with E-state index in [2.05, 4.69) is 0 Å². The molecule has 0 aliphatic carbocycles. The quantitative estimate of drug-likeness (QED) is 0.660. The molecular formula is C15H11IN4O4. The molecule has 1 amide bonds. The summed E-state index contributed by atoms with van der Waals surface area (Å²) in [4.78, 5) is 25.3. The van der Waals surface area contributed by atoms with Gasteiger partial charge in [-0.15, -0.1) is 0 Å². The molecule has 2 atom stereocenters. The Morgan fingerprint density at radius 3 is 2.79 bits per heavy atom. The second-order valence-corrected chi connectivity index (χ2v) is 6.98. The highest BCUT2D eigenvalue weighted by atomic mass is 127. The molecule has 2 aliphatic rings. The van der Waals surface area contributed by atoms with Gasteiger partial charge < -0.3 is 10.2 Å². The van der Waals surface area contributed by atoms with Crippen molar-refractivity contribution in [1.82, 2.24) is 14.0 Å². The van der Waals surface area contributed by atoms with Gasteiger partial charge in [0.25, 0.3) is 0 Å². The highest BCUT2D eigenvalue weighted by Gasteiger charge is 2.49.